The third kappa shape index (κ3) is 12.9. The molecule has 4 aliphatic carbocycles. The van der Waals surface area contributed by atoms with E-state index in [2.05, 4.69) is 58.4 Å². The fourth-order valence-corrected chi connectivity index (χ4v) is 12.9. The van der Waals surface area contributed by atoms with Gasteiger partial charge in [0.1, 0.15) is 25.3 Å². The van der Waals surface area contributed by atoms with Crippen molar-refractivity contribution in [2.75, 3.05) is 32.2 Å². The molecule has 8 rings (SSSR count). The molecule has 0 spiro atoms. The summed E-state index contributed by atoms with van der Waals surface area (Å²) >= 11 is 0. The van der Waals surface area contributed by atoms with Gasteiger partial charge in [-0.05, 0) is 92.9 Å². The first-order valence-corrected chi connectivity index (χ1v) is 27.6. The SMILES string of the molecule is CCCCC(CC)COC(=O)c1ccccc1C(=O)OCC(CC)CCCC.CCC[C@@H]1O[C@@H]2C[C@H]3[C@@H]4CCC5=CC(=O)C=C[C@]5(C)[C@H]4[C@@H](O)C[C@]3(C)[C@]2(C(=O)CO)O1.Nc1ncn([C@H]2C[C@H](O)[C@@H](CO)O2)c(=O)n1. The van der Waals surface area contributed by atoms with Gasteiger partial charge in [0.25, 0.3) is 0 Å². The maximum absolute atomic E-state index is 13.2. The van der Waals surface area contributed by atoms with Crippen LogP contribution in [-0.4, -0.2) is 121 Å². The molecule has 6 N–H and O–H groups in total. The first-order valence-electron chi connectivity index (χ1n) is 27.6. The van der Waals surface area contributed by atoms with Crippen LogP contribution in [0.3, 0.4) is 0 Å². The highest BCUT2D eigenvalue weighted by Gasteiger charge is 2.75. The number of anilines is 1. The number of aromatic nitrogens is 3. The highest BCUT2D eigenvalue weighted by molar-refractivity contribution is 6.03. The Bertz CT molecular complexity index is 2340. The van der Waals surface area contributed by atoms with Crippen LogP contribution < -0.4 is 11.4 Å². The molecule has 14 atom stereocenters. The minimum Gasteiger partial charge on any atom is -0.462 e. The Morgan fingerprint density at radius 1 is 0.880 bits per heavy atom. The summed E-state index contributed by atoms with van der Waals surface area (Å²) < 4.78 is 30.1. The third-order valence-electron chi connectivity index (χ3n) is 17.2. The zero-order chi connectivity index (χ0) is 54.7. The second-order valence-corrected chi connectivity index (χ2v) is 21.8. The summed E-state index contributed by atoms with van der Waals surface area (Å²) in [5.41, 5.74) is 4.18. The van der Waals surface area contributed by atoms with Crippen molar-refractivity contribution in [3.05, 3.63) is 76.0 Å². The number of nitrogens with zero attached hydrogens (tertiary/aromatic N) is 3. The number of hydrogen-bond donors (Lipinski definition) is 5. The van der Waals surface area contributed by atoms with Crippen LogP contribution in [0.5, 0.6) is 0 Å². The number of aliphatic hydroxyl groups excluding tert-OH is 4. The van der Waals surface area contributed by atoms with Crippen molar-refractivity contribution in [3.63, 3.8) is 0 Å². The number of carbonyl (C=O) groups is 4. The summed E-state index contributed by atoms with van der Waals surface area (Å²) in [5.74, 6) is -0.238. The summed E-state index contributed by atoms with van der Waals surface area (Å²) in [6, 6.07) is 6.77. The van der Waals surface area contributed by atoms with Crippen LogP contribution >= 0.6 is 0 Å². The molecule has 75 heavy (non-hydrogen) atoms. The van der Waals surface area contributed by atoms with Gasteiger partial charge in [0.2, 0.25) is 5.95 Å². The molecule has 2 unspecified atom stereocenters. The second kappa shape index (κ2) is 26.6. The van der Waals surface area contributed by atoms with Gasteiger partial charge in [0.05, 0.1) is 49.3 Å². The van der Waals surface area contributed by atoms with Gasteiger partial charge in [-0.1, -0.05) is 117 Å². The molecule has 1 aromatic heterocycles. The topological polar surface area (TPSA) is 269 Å². The molecule has 18 nitrogen and oxygen atoms in total. The molecule has 2 saturated heterocycles. The molecular formula is C57H84N4O14. The fourth-order valence-electron chi connectivity index (χ4n) is 12.9. The van der Waals surface area contributed by atoms with Crippen molar-refractivity contribution >= 4 is 29.5 Å². The lowest BCUT2D eigenvalue weighted by atomic mass is 9.46. The van der Waals surface area contributed by atoms with Crippen LogP contribution in [0.15, 0.2) is 59.2 Å². The van der Waals surface area contributed by atoms with Gasteiger partial charge in [-0.15, -0.1) is 0 Å². The zero-order valence-electron chi connectivity index (χ0n) is 45.2. The number of aliphatic hydroxyl groups is 4. The molecule has 1 aromatic carbocycles. The Labute approximate surface area is 441 Å². The van der Waals surface area contributed by atoms with E-state index in [4.69, 9.17) is 34.5 Å². The van der Waals surface area contributed by atoms with Gasteiger partial charge >= 0.3 is 17.6 Å². The number of allylic oxidation sites excluding steroid dienone is 4. The normalized spacial score (nSPS) is 32.0. The molecule has 3 saturated carbocycles. The van der Waals surface area contributed by atoms with E-state index in [1.165, 1.54) is 6.33 Å². The number of Topliss-reactive ketones (excluding diaryl/α,β-unsaturated/α-hetero) is 1. The first-order chi connectivity index (χ1) is 35.9. The fraction of sp³-hybridized carbons (Fsp3) is 0.702. The van der Waals surface area contributed by atoms with Crippen LogP contribution in [0.4, 0.5) is 5.95 Å². The smallest absolute Gasteiger partial charge is 0.354 e. The average molecular weight is 1050 g/mol. The first kappa shape index (κ1) is 59.6. The van der Waals surface area contributed by atoms with Gasteiger partial charge in [0.15, 0.2) is 23.5 Å². The third-order valence-corrected chi connectivity index (χ3v) is 17.2. The summed E-state index contributed by atoms with van der Waals surface area (Å²) in [6.07, 6.45) is 16.2. The summed E-state index contributed by atoms with van der Waals surface area (Å²) in [5, 5.41) is 39.8. The molecule has 0 radical (unpaired) electrons. The number of benzene rings is 1. The van der Waals surface area contributed by atoms with E-state index in [1.807, 2.05) is 6.08 Å². The Kier molecular flexibility index (Phi) is 21.1. The van der Waals surface area contributed by atoms with Crippen molar-refractivity contribution in [2.24, 2.45) is 40.4 Å². The van der Waals surface area contributed by atoms with Crippen LogP contribution in [0, 0.1) is 40.4 Å². The van der Waals surface area contributed by atoms with Gasteiger partial charge in [-0.3, -0.25) is 14.2 Å². The molecule has 3 heterocycles. The number of esters is 2. The van der Waals surface area contributed by atoms with Crippen molar-refractivity contribution in [1.82, 2.24) is 14.5 Å². The highest BCUT2D eigenvalue weighted by Crippen LogP contribution is 2.69. The number of ketones is 2. The van der Waals surface area contributed by atoms with Gasteiger partial charge in [-0.25, -0.2) is 19.4 Å². The van der Waals surface area contributed by atoms with Crippen molar-refractivity contribution in [3.8, 4) is 0 Å². The van der Waals surface area contributed by atoms with Crippen LogP contribution in [0.1, 0.15) is 172 Å². The number of hydrogen-bond acceptors (Lipinski definition) is 17. The molecule has 5 fully saturated rings. The lowest BCUT2D eigenvalue weighted by molar-refractivity contribution is -0.200. The molecular weight excluding hydrogens is 965 g/mol. The van der Waals surface area contributed by atoms with Gasteiger partial charge in [-0.2, -0.15) is 4.98 Å². The molecule has 0 bridgehead atoms. The summed E-state index contributed by atoms with van der Waals surface area (Å²) in [4.78, 5) is 68.9. The van der Waals surface area contributed by atoms with E-state index >= 15 is 0 Å². The van der Waals surface area contributed by atoms with Crippen molar-refractivity contribution in [1.29, 1.82) is 0 Å². The van der Waals surface area contributed by atoms with Gasteiger partial charge < -0.3 is 49.8 Å². The minimum atomic E-state index is -1.20. The van der Waals surface area contributed by atoms with E-state index in [1.54, 1.807) is 36.4 Å². The Morgan fingerprint density at radius 3 is 2.04 bits per heavy atom. The molecule has 2 aromatic rings. The Balaban J connectivity index is 0.000000192. The number of unbranched alkanes of at least 4 members (excludes halogenated alkanes) is 2. The van der Waals surface area contributed by atoms with E-state index in [9.17, 15) is 39.3 Å². The van der Waals surface area contributed by atoms with E-state index in [0.29, 0.717) is 55.4 Å². The number of nitrogen functional groups attached to an aromatic ring is 1. The second-order valence-electron chi connectivity index (χ2n) is 21.8. The molecule has 416 valence electrons. The standard InChI is InChI=1S/C25H34O6.C24H38O4.C8H12N4O4/c1-4-5-21-30-20-11-17-16-7-6-14-10-15(27)8-9-23(14,2)22(16)18(28)12-24(17,3)25(20,31-21)19(29)13-26;1-5-9-13-19(7-3)17-27-23(25)21-15-11-12-16-22(21)24(26)28-18-20(8-4)14-10-6-2;9-7-10-3-12(8(15)11-7)6-1-4(14)5(2-13)16-6/h8-10,16-18,20-22,26,28H,4-7,11-13H2,1-3H3;11-12,15-16,19-20H,5-10,13-14,17-18H2,1-4H3;3-6,13-14H,1-2H2,(H2,9,11,15)/t16-,17-,18-,20+,21+,22+,23-,24-,25+;;4-,5+,6+/m0.0/s1. The van der Waals surface area contributed by atoms with Crippen molar-refractivity contribution in [2.45, 2.75) is 187 Å². The maximum atomic E-state index is 13.2. The van der Waals surface area contributed by atoms with Crippen LogP contribution in [0.2, 0.25) is 0 Å². The molecule has 2 aliphatic heterocycles. The monoisotopic (exact) mass is 1050 g/mol. The molecule has 18 heteroatoms. The van der Waals surface area contributed by atoms with E-state index < -0.39 is 72.2 Å². The van der Waals surface area contributed by atoms with E-state index in [0.717, 1.165) is 80.8 Å². The maximum Gasteiger partial charge on any atom is 0.354 e. The number of fused-ring (bicyclic) bond motifs is 7. The Morgan fingerprint density at radius 2 is 1.51 bits per heavy atom. The number of rotatable bonds is 20. The van der Waals surface area contributed by atoms with Gasteiger partial charge in [0, 0.05) is 23.2 Å². The lowest BCUT2D eigenvalue weighted by Gasteiger charge is -2.59. The van der Waals surface area contributed by atoms with E-state index in [-0.39, 0.29) is 53.7 Å². The summed E-state index contributed by atoms with van der Waals surface area (Å²) in [6.45, 7) is 14.7. The predicted molar refractivity (Wildman–Crippen MR) is 279 cm³/mol. The zero-order valence-corrected chi connectivity index (χ0v) is 45.2. The number of nitrogens with two attached hydrogens (primary N) is 1. The lowest BCUT2D eigenvalue weighted by Crippen LogP contribution is -2.63. The Hall–Kier alpha value is -4.69. The average Bonchev–Trinajstić information content (AvgIpc) is 4.05. The van der Waals surface area contributed by atoms with Crippen molar-refractivity contribution < 1.29 is 63.3 Å². The highest BCUT2D eigenvalue weighted by atomic mass is 16.7. The largest absolute Gasteiger partial charge is 0.462 e. The van der Waals surface area contributed by atoms with Crippen LogP contribution in [-0.2, 0) is 33.3 Å². The number of carbonyl (C=O) groups excluding carboxylic acids is 4. The molecule has 0 amide bonds. The quantitative estimate of drug-likeness (QED) is 0.0835. The molecule has 6 aliphatic rings. The predicted octanol–water partition coefficient (Wildman–Crippen LogP) is 7.01. The minimum absolute atomic E-state index is 0.0125. The summed E-state index contributed by atoms with van der Waals surface area (Å²) in [7, 11) is 0. The van der Waals surface area contributed by atoms with Crippen LogP contribution in [0.25, 0.3) is 0 Å². The number of ether oxygens (including phenoxy) is 5.